The largest absolute Gasteiger partial charge is 0.103 e. The van der Waals surface area contributed by atoms with Crippen molar-refractivity contribution in [2.24, 2.45) is 0 Å². The van der Waals surface area contributed by atoms with E-state index in [1.807, 2.05) is 0 Å². The van der Waals surface area contributed by atoms with E-state index >= 15 is 0 Å². The van der Waals surface area contributed by atoms with Gasteiger partial charge in [0.05, 0.1) is 0 Å². The second kappa shape index (κ2) is 5.36. The fourth-order valence-corrected chi connectivity index (χ4v) is 4.05. The van der Waals surface area contributed by atoms with Gasteiger partial charge in [-0.25, -0.2) is 0 Å². The van der Waals surface area contributed by atoms with Crippen LogP contribution >= 0.6 is 31.9 Å². The Morgan fingerprint density at radius 3 is 2.41 bits per heavy atom. The Labute approximate surface area is 147 Å². The van der Waals surface area contributed by atoms with Gasteiger partial charge in [-0.3, -0.25) is 0 Å². The molecule has 3 aromatic carbocycles. The van der Waals surface area contributed by atoms with E-state index in [9.17, 15) is 0 Å². The molecule has 22 heavy (non-hydrogen) atoms. The van der Waals surface area contributed by atoms with E-state index in [-0.39, 0.29) is 3.23 Å². The summed E-state index contributed by atoms with van der Waals surface area (Å²) in [5.41, 5.74) is 5.30. The smallest absolute Gasteiger partial charge is 0.0677 e. The maximum atomic E-state index is 3.71. The van der Waals surface area contributed by atoms with Gasteiger partial charge in [0.25, 0.3) is 0 Å². The number of benzene rings is 3. The third-order valence-electron chi connectivity index (χ3n) is 4.20. The molecule has 0 radical (unpaired) electrons. The van der Waals surface area contributed by atoms with Gasteiger partial charge in [0, 0.05) is 6.42 Å². The molecule has 0 fully saturated rings. The van der Waals surface area contributed by atoms with Crippen molar-refractivity contribution in [3.05, 3.63) is 77.9 Å². The number of rotatable bonds is 1. The number of halogens is 2. The predicted molar refractivity (Wildman–Crippen MR) is 103 cm³/mol. The van der Waals surface area contributed by atoms with Crippen LogP contribution in [-0.2, 0) is 6.42 Å². The van der Waals surface area contributed by atoms with Crippen molar-refractivity contribution in [2.45, 2.75) is 9.65 Å². The van der Waals surface area contributed by atoms with Gasteiger partial charge in [-0.2, -0.15) is 0 Å². The van der Waals surface area contributed by atoms with Crippen molar-refractivity contribution in [2.75, 3.05) is 0 Å². The van der Waals surface area contributed by atoms with E-state index in [1.54, 1.807) is 0 Å². The van der Waals surface area contributed by atoms with Crippen LogP contribution in [0.2, 0.25) is 0 Å². The lowest BCUT2D eigenvalue weighted by molar-refractivity contribution is 0.979. The third-order valence-corrected chi connectivity index (χ3v) is 5.29. The second-order valence-electron chi connectivity index (χ2n) is 5.68. The van der Waals surface area contributed by atoms with Gasteiger partial charge in [0.1, 0.15) is 3.23 Å². The Bertz CT molecular complexity index is 886. The summed E-state index contributed by atoms with van der Waals surface area (Å²) in [5.74, 6) is 0. The van der Waals surface area contributed by atoms with E-state index in [1.165, 1.54) is 33.0 Å². The normalized spacial score (nSPS) is 15.7. The highest BCUT2D eigenvalue weighted by atomic mass is 79.9. The van der Waals surface area contributed by atoms with E-state index in [4.69, 9.17) is 0 Å². The molecule has 0 N–H and O–H groups in total. The number of hydrogen-bond donors (Lipinski definition) is 0. The summed E-state index contributed by atoms with van der Waals surface area (Å²) < 4.78 is -0.121. The number of allylic oxidation sites excluding steroid dienone is 1. The van der Waals surface area contributed by atoms with E-state index in [0.717, 1.165) is 6.42 Å². The molecular weight excluding hydrogens is 400 g/mol. The van der Waals surface area contributed by atoms with E-state index in [0.29, 0.717) is 0 Å². The summed E-state index contributed by atoms with van der Waals surface area (Å²) in [4.78, 5) is 0. The lowest BCUT2D eigenvalue weighted by atomic mass is 9.88. The highest BCUT2D eigenvalue weighted by Crippen LogP contribution is 2.41. The van der Waals surface area contributed by atoms with Gasteiger partial charge in [-0.1, -0.05) is 105 Å². The van der Waals surface area contributed by atoms with Crippen LogP contribution in [0.3, 0.4) is 0 Å². The molecule has 0 aliphatic heterocycles. The molecule has 0 atom stereocenters. The van der Waals surface area contributed by atoms with Crippen molar-refractivity contribution in [1.29, 1.82) is 0 Å². The Balaban J connectivity index is 1.98. The maximum absolute atomic E-state index is 3.71. The molecule has 1 aliphatic rings. The minimum Gasteiger partial charge on any atom is -0.0677 e. The van der Waals surface area contributed by atoms with Crippen LogP contribution in [0.1, 0.15) is 11.1 Å². The Morgan fingerprint density at radius 1 is 0.773 bits per heavy atom. The summed E-state index contributed by atoms with van der Waals surface area (Å²) in [6.07, 6.45) is 5.35. The van der Waals surface area contributed by atoms with Gasteiger partial charge in [0.2, 0.25) is 0 Å². The van der Waals surface area contributed by atoms with Crippen LogP contribution in [0.15, 0.2) is 66.7 Å². The first-order chi connectivity index (χ1) is 10.6. The molecule has 1 aliphatic carbocycles. The number of alkyl halides is 2. The number of hydrogen-bond acceptors (Lipinski definition) is 0. The average molecular weight is 414 g/mol. The molecule has 2 heteroatoms. The Morgan fingerprint density at radius 2 is 1.50 bits per heavy atom. The molecule has 0 saturated carbocycles. The van der Waals surface area contributed by atoms with Gasteiger partial charge < -0.3 is 0 Å². The minimum atomic E-state index is -0.121. The lowest BCUT2D eigenvalue weighted by Crippen LogP contribution is -2.16. The predicted octanol–water partition coefficient (Wildman–Crippen LogP) is 6.56. The van der Waals surface area contributed by atoms with Crippen molar-refractivity contribution in [3.8, 4) is 11.1 Å². The summed E-state index contributed by atoms with van der Waals surface area (Å²) in [6, 6.07) is 21.7. The standard InChI is InChI=1S/C20H14Br2/c21-20(22)12-11-17-15(13-20)7-4-10-19(17)18-9-3-6-14-5-1-2-8-16(14)18/h1-12H,13H2. The highest BCUT2D eigenvalue weighted by Gasteiger charge is 2.25. The summed E-state index contributed by atoms with van der Waals surface area (Å²) in [6.45, 7) is 0. The topological polar surface area (TPSA) is 0 Å². The molecule has 0 amide bonds. The van der Waals surface area contributed by atoms with Crippen molar-refractivity contribution >= 4 is 48.7 Å². The SMILES string of the molecule is BrC1(Br)C=Cc2c(cccc2-c2cccc3ccccc23)C1. The molecule has 0 nitrogen and oxygen atoms in total. The van der Waals surface area contributed by atoms with Crippen LogP contribution in [-0.4, -0.2) is 3.23 Å². The molecule has 108 valence electrons. The minimum absolute atomic E-state index is 0.121. The van der Waals surface area contributed by atoms with E-state index < -0.39 is 0 Å². The summed E-state index contributed by atoms with van der Waals surface area (Å²) in [5, 5.41) is 2.59. The number of fused-ring (bicyclic) bond motifs is 2. The zero-order valence-electron chi connectivity index (χ0n) is 11.9. The van der Waals surface area contributed by atoms with Crippen LogP contribution in [0.25, 0.3) is 28.0 Å². The van der Waals surface area contributed by atoms with Crippen molar-refractivity contribution < 1.29 is 0 Å². The van der Waals surface area contributed by atoms with Gasteiger partial charge >= 0.3 is 0 Å². The summed E-state index contributed by atoms with van der Waals surface area (Å²) >= 11 is 7.43. The molecule has 0 heterocycles. The van der Waals surface area contributed by atoms with Crippen LogP contribution in [0.4, 0.5) is 0 Å². The zero-order valence-corrected chi connectivity index (χ0v) is 15.1. The highest BCUT2D eigenvalue weighted by molar-refractivity contribution is 9.25. The van der Waals surface area contributed by atoms with Crippen molar-refractivity contribution in [3.63, 3.8) is 0 Å². The lowest BCUT2D eigenvalue weighted by Gasteiger charge is -2.24. The van der Waals surface area contributed by atoms with Crippen molar-refractivity contribution in [1.82, 2.24) is 0 Å². The fraction of sp³-hybridized carbons (Fsp3) is 0.100. The second-order valence-corrected chi connectivity index (χ2v) is 9.57. The van der Waals surface area contributed by atoms with Gasteiger partial charge in [-0.05, 0) is 33.0 Å². The first-order valence-corrected chi connectivity index (χ1v) is 8.90. The van der Waals surface area contributed by atoms with Crippen LogP contribution < -0.4 is 0 Å². The average Bonchev–Trinajstić information content (AvgIpc) is 2.52. The monoisotopic (exact) mass is 412 g/mol. The Kier molecular flexibility index (Phi) is 3.47. The molecule has 0 bridgehead atoms. The van der Waals surface area contributed by atoms with Gasteiger partial charge in [-0.15, -0.1) is 0 Å². The maximum Gasteiger partial charge on any atom is 0.103 e. The molecule has 3 aromatic rings. The zero-order chi connectivity index (χ0) is 15.2. The summed E-state index contributed by atoms with van der Waals surface area (Å²) in [7, 11) is 0. The first-order valence-electron chi connectivity index (χ1n) is 7.31. The molecule has 4 rings (SSSR count). The molecule has 0 saturated heterocycles. The van der Waals surface area contributed by atoms with E-state index in [2.05, 4.69) is 105 Å². The molecule has 0 spiro atoms. The van der Waals surface area contributed by atoms with Crippen LogP contribution in [0, 0.1) is 0 Å². The first kappa shape index (κ1) is 14.2. The Hall–Kier alpha value is -1.38. The molecule has 0 unspecified atom stereocenters. The third kappa shape index (κ3) is 2.45. The van der Waals surface area contributed by atoms with Gasteiger partial charge in [0.15, 0.2) is 0 Å². The molecule has 0 aromatic heterocycles. The molecular formula is C20H14Br2. The van der Waals surface area contributed by atoms with Crippen LogP contribution in [0.5, 0.6) is 0 Å². The quantitative estimate of drug-likeness (QED) is 0.396. The fourth-order valence-electron chi connectivity index (χ4n) is 3.18.